The number of para-hydroxylation sites is 1. The van der Waals surface area contributed by atoms with Crippen LogP contribution in [0.1, 0.15) is 37.7 Å². The highest BCUT2D eigenvalue weighted by molar-refractivity contribution is 5.99. The number of hydrogen-bond acceptors (Lipinski definition) is 4. The molecule has 0 heterocycles. The number of carbonyl (C=O) groups is 3. The number of amides is 3. The lowest BCUT2D eigenvalue weighted by Crippen LogP contribution is -2.49. The molecule has 0 bridgehead atoms. The first-order valence-electron chi connectivity index (χ1n) is 10.1. The van der Waals surface area contributed by atoms with Gasteiger partial charge in [-0.05, 0) is 49.2 Å². The second-order valence-corrected chi connectivity index (χ2v) is 7.20. The third-order valence-corrected chi connectivity index (χ3v) is 4.67. The maximum Gasteiger partial charge on any atom is 0.416 e. The third-order valence-electron chi connectivity index (χ3n) is 4.67. The summed E-state index contributed by atoms with van der Waals surface area (Å²) in [5.74, 6) is -1.76. The Bertz CT molecular complexity index is 937. The number of carboxylic acid groups (broad SMARTS) is 1. The average Bonchev–Trinajstić information content (AvgIpc) is 2.77. The lowest BCUT2D eigenvalue weighted by molar-refractivity contribution is -0.138. The molecular formula is C22H24F3N3O5. The SMILES string of the molecule is O=C(O)CCCCC[C@H](NC(=O)Nc1ccc(C(F)(F)F)cc1)C(=O)N(O)c1ccccc1. The second kappa shape index (κ2) is 11.9. The van der Waals surface area contributed by atoms with Gasteiger partial charge >= 0.3 is 18.2 Å². The number of urea groups is 1. The quantitative estimate of drug-likeness (QED) is 0.230. The van der Waals surface area contributed by atoms with E-state index >= 15 is 0 Å². The van der Waals surface area contributed by atoms with E-state index in [0.717, 1.165) is 24.3 Å². The fourth-order valence-corrected chi connectivity index (χ4v) is 2.97. The maximum absolute atomic E-state index is 12.8. The minimum absolute atomic E-state index is 0.0312. The molecule has 2 aromatic carbocycles. The molecule has 3 amide bonds. The van der Waals surface area contributed by atoms with Crippen molar-refractivity contribution in [3.8, 4) is 0 Å². The molecule has 0 saturated carbocycles. The summed E-state index contributed by atoms with van der Waals surface area (Å²) >= 11 is 0. The number of nitrogens with one attached hydrogen (secondary N) is 2. The summed E-state index contributed by atoms with van der Waals surface area (Å²) in [6, 6.07) is 9.66. The summed E-state index contributed by atoms with van der Waals surface area (Å²) in [7, 11) is 0. The van der Waals surface area contributed by atoms with Gasteiger partial charge in [0.25, 0.3) is 5.91 Å². The molecule has 33 heavy (non-hydrogen) atoms. The molecule has 0 aliphatic rings. The van der Waals surface area contributed by atoms with E-state index in [1.807, 2.05) is 0 Å². The van der Waals surface area contributed by atoms with Gasteiger partial charge in [-0.25, -0.2) is 4.79 Å². The van der Waals surface area contributed by atoms with Crippen LogP contribution in [-0.4, -0.2) is 34.3 Å². The number of rotatable bonds is 10. The van der Waals surface area contributed by atoms with Gasteiger partial charge in [-0.2, -0.15) is 18.2 Å². The van der Waals surface area contributed by atoms with E-state index in [1.54, 1.807) is 18.2 Å². The predicted molar refractivity (Wildman–Crippen MR) is 114 cm³/mol. The van der Waals surface area contributed by atoms with Gasteiger partial charge in [0.1, 0.15) is 6.04 Å². The fraction of sp³-hybridized carbons (Fsp3) is 0.318. The second-order valence-electron chi connectivity index (χ2n) is 7.20. The molecule has 2 aromatic rings. The molecule has 0 aliphatic heterocycles. The third kappa shape index (κ3) is 8.45. The van der Waals surface area contributed by atoms with Gasteiger partial charge in [0, 0.05) is 12.1 Å². The number of hydrogen-bond donors (Lipinski definition) is 4. The summed E-state index contributed by atoms with van der Waals surface area (Å²) in [4.78, 5) is 35.8. The number of nitrogens with zero attached hydrogens (tertiary/aromatic N) is 1. The molecule has 4 N–H and O–H groups in total. The van der Waals surface area contributed by atoms with Crippen LogP contribution in [-0.2, 0) is 15.8 Å². The Kier molecular flexibility index (Phi) is 9.22. The first kappa shape index (κ1) is 25.7. The normalized spacial score (nSPS) is 12.0. The summed E-state index contributed by atoms with van der Waals surface area (Å²) in [6.45, 7) is 0. The molecule has 0 saturated heterocycles. The molecule has 0 radical (unpaired) electrons. The molecule has 0 unspecified atom stereocenters. The molecule has 11 heteroatoms. The molecule has 0 spiro atoms. The van der Waals surface area contributed by atoms with E-state index < -0.39 is 35.7 Å². The van der Waals surface area contributed by atoms with E-state index in [4.69, 9.17) is 5.11 Å². The molecule has 178 valence electrons. The number of alkyl halides is 3. The monoisotopic (exact) mass is 467 g/mol. The van der Waals surface area contributed by atoms with Crippen molar-refractivity contribution in [2.45, 2.75) is 44.3 Å². The standard InChI is InChI=1S/C22H24F3N3O5/c23-22(24,25)15-11-13-16(14-12-15)26-21(32)27-18(9-5-2-6-10-19(29)30)20(31)28(33)17-7-3-1-4-8-17/h1,3-4,7-8,11-14,18,33H,2,5-6,9-10H2,(H,29,30)(H2,26,27,32)/t18-/m0/s1. The van der Waals surface area contributed by atoms with Gasteiger partial charge in [-0.1, -0.05) is 31.0 Å². The fourth-order valence-electron chi connectivity index (χ4n) is 2.97. The summed E-state index contributed by atoms with van der Waals surface area (Å²) < 4.78 is 38.0. The Balaban J connectivity index is 2.04. The number of halogens is 3. The van der Waals surface area contributed by atoms with E-state index in [0.29, 0.717) is 24.3 Å². The maximum atomic E-state index is 12.8. The Morgan fingerprint density at radius 3 is 2.15 bits per heavy atom. The van der Waals surface area contributed by atoms with E-state index in [-0.39, 0.29) is 24.2 Å². The van der Waals surface area contributed by atoms with Crippen LogP contribution in [0, 0.1) is 0 Å². The highest BCUT2D eigenvalue weighted by atomic mass is 19.4. The zero-order valence-electron chi connectivity index (χ0n) is 17.5. The highest BCUT2D eigenvalue weighted by Crippen LogP contribution is 2.29. The number of unbranched alkanes of at least 4 members (excludes halogenated alkanes) is 2. The van der Waals surface area contributed by atoms with Crippen LogP contribution in [0.15, 0.2) is 54.6 Å². The van der Waals surface area contributed by atoms with Gasteiger partial charge in [-0.15, -0.1) is 0 Å². The molecule has 1 atom stereocenters. The highest BCUT2D eigenvalue weighted by Gasteiger charge is 2.30. The van der Waals surface area contributed by atoms with Crippen LogP contribution in [0.25, 0.3) is 0 Å². The Morgan fingerprint density at radius 2 is 1.58 bits per heavy atom. The van der Waals surface area contributed by atoms with E-state index in [2.05, 4.69) is 10.6 Å². The lowest BCUT2D eigenvalue weighted by Gasteiger charge is -2.23. The van der Waals surface area contributed by atoms with Crippen molar-refractivity contribution in [1.29, 1.82) is 0 Å². The van der Waals surface area contributed by atoms with Crippen LogP contribution >= 0.6 is 0 Å². The zero-order chi connectivity index (χ0) is 24.4. The molecule has 0 aromatic heterocycles. The number of carboxylic acids is 1. The van der Waals surface area contributed by atoms with Gasteiger partial charge in [0.2, 0.25) is 0 Å². The zero-order valence-corrected chi connectivity index (χ0v) is 17.5. The van der Waals surface area contributed by atoms with Crippen molar-refractivity contribution >= 4 is 29.3 Å². The summed E-state index contributed by atoms with van der Waals surface area (Å²) in [5, 5.41) is 24.2. The van der Waals surface area contributed by atoms with E-state index in [1.165, 1.54) is 12.1 Å². The predicted octanol–water partition coefficient (Wildman–Crippen LogP) is 4.65. The minimum atomic E-state index is -4.51. The number of hydroxylamine groups is 1. The lowest BCUT2D eigenvalue weighted by atomic mass is 10.1. The number of anilines is 2. The van der Waals surface area contributed by atoms with Crippen molar-refractivity contribution < 1.29 is 37.9 Å². The van der Waals surface area contributed by atoms with Gasteiger partial charge < -0.3 is 15.7 Å². The number of aliphatic carboxylic acids is 1. The van der Waals surface area contributed by atoms with Crippen LogP contribution in [0.3, 0.4) is 0 Å². The van der Waals surface area contributed by atoms with Gasteiger partial charge in [-0.3, -0.25) is 14.8 Å². The minimum Gasteiger partial charge on any atom is -0.481 e. The smallest absolute Gasteiger partial charge is 0.416 e. The van der Waals surface area contributed by atoms with Gasteiger partial charge in [0.05, 0.1) is 11.3 Å². The average molecular weight is 467 g/mol. The van der Waals surface area contributed by atoms with Crippen molar-refractivity contribution in [1.82, 2.24) is 5.32 Å². The molecule has 8 nitrogen and oxygen atoms in total. The largest absolute Gasteiger partial charge is 0.481 e. The first-order valence-corrected chi connectivity index (χ1v) is 10.1. The molecule has 0 aliphatic carbocycles. The van der Waals surface area contributed by atoms with Crippen LogP contribution in [0.5, 0.6) is 0 Å². The Hall–Kier alpha value is -3.60. The molecule has 0 fully saturated rings. The summed E-state index contributed by atoms with van der Waals surface area (Å²) in [5.41, 5.74) is -0.609. The van der Waals surface area contributed by atoms with Crippen LogP contribution in [0.2, 0.25) is 0 Å². The Labute approximate surface area is 188 Å². The van der Waals surface area contributed by atoms with Gasteiger partial charge in [0.15, 0.2) is 0 Å². The first-order chi connectivity index (χ1) is 15.6. The van der Waals surface area contributed by atoms with Crippen LogP contribution < -0.4 is 15.7 Å². The summed E-state index contributed by atoms with van der Waals surface area (Å²) in [6.07, 6.45) is -3.17. The van der Waals surface area contributed by atoms with Crippen molar-refractivity contribution in [2.24, 2.45) is 0 Å². The number of benzene rings is 2. The van der Waals surface area contributed by atoms with Crippen molar-refractivity contribution in [2.75, 3.05) is 10.4 Å². The van der Waals surface area contributed by atoms with Crippen LogP contribution in [0.4, 0.5) is 29.3 Å². The molecule has 2 rings (SSSR count). The number of carbonyl (C=O) groups excluding carboxylic acids is 2. The van der Waals surface area contributed by atoms with Crippen molar-refractivity contribution in [3.05, 3.63) is 60.2 Å². The Morgan fingerprint density at radius 1 is 0.939 bits per heavy atom. The van der Waals surface area contributed by atoms with E-state index in [9.17, 15) is 32.8 Å². The van der Waals surface area contributed by atoms with Crippen molar-refractivity contribution in [3.63, 3.8) is 0 Å². The molecular weight excluding hydrogens is 443 g/mol. The topological polar surface area (TPSA) is 119 Å².